The first-order valence-electron chi connectivity index (χ1n) is 10.0. The highest BCUT2D eigenvalue weighted by Crippen LogP contribution is 2.42. The largest absolute Gasteiger partial charge is 0.507 e. The zero-order valence-electron chi connectivity index (χ0n) is 17.5. The molecule has 25 heavy (non-hydrogen) atoms. The second-order valence-electron chi connectivity index (χ2n) is 9.51. The topological polar surface area (TPSA) is 20.2 Å². The van der Waals surface area contributed by atoms with Gasteiger partial charge in [0.2, 0.25) is 0 Å². The third kappa shape index (κ3) is 6.89. The van der Waals surface area contributed by atoms with Crippen molar-refractivity contribution in [3.05, 3.63) is 28.8 Å². The van der Waals surface area contributed by atoms with Gasteiger partial charge in [-0.05, 0) is 33.9 Å². The van der Waals surface area contributed by atoms with Crippen LogP contribution in [0.15, 0.2) is 12.1 Å². The lowest BCUT2D eigenvalue weighted by Gasteiger charge is -2.29. The van der Waals surface area contributed by atoms with Crippen LogP contribution in [0.25, 0.3) is 0 Å². The van der Waals surface area contributed by atoms with Crippen molar-refractivity contribution < 1.29 is 5.11 Å². The molecule has 0 amide bonds. The summed E-state index contributed by atoms with van der Waals surface area (Å²) in [5.74, 6) is 0.450. The molecule has 1 aromatic rings. The van der Waals surface area contributed by atoms with E-state index in [0.29, 0.717) is 5.75 Å². The molecule has 0 aliphatic heterocycles. The Hall–Kier alpha value is -0.630. The highest BCUT2D eigenvalue weighted by atomic mass is 32.1. The molecule has 143 valence electrons. The lowest BCUT2D eigenvalue weighted by atomic mass is 9.78. The van der Waals surface area contributed by atoms with Crippen LogP contribution in [0, 0.1) is 0 Å². The maximum atomic E-state index is 10.8. The number of hydrogen-bond donors (Lipinski definition) is 1. The molecular weight excluding hydrogens is 324 g/mol. The van der Waals surface area contributed by atoms with Gasteiger partial charge in [-0.3, -0.25) is 0 Å². The van der Waals surface area contributed by atoms with Crippen LogP contribution in [0.5, 0.6) is 5.75 Å². The molecule has 0 aliphatic carbocycles. The molecule has 1 atom stereocenters. The Balaban J connectivity index is 2.95. The van der Waals surface area contributed by atoms with Gasteiger partial charge in [-0.2, -0.15) is 0 Å². The maximum Gasteiger partial charge on any atom is 0.123 e. The molecule has 0 heterocycles. The van der Waals surface area contributed by atoms with E-state index in [-0.39, 0.29) is 16.1 Å². The highest BCUT2D eigenvalue weighted by Gasteiger charge is 2.27. The minimum Gasteiger partial charge on any atom is -0.507 e. The Bertz CT molecular complexity index is 499. The molecule has 2 heteroatoms. The summed E-state index contributed by atoms with van der Waals surface area (Å²) in [6.45, 7) is 15.2. The Labute approximate surface area is 162 Å². The molecule has 1 unspecified atom stereocenters. The van der Waals surface area contributed by atoms with Gasteiger partial charge in [-0.1, -0.05) is 112 Å². The Morgan fingerprint density at radius 1 is 0.840 bits per heavy atom. The first-order chi connectivity index (χ1) is 11.5. The molecular formula is C23H39OS. The van der Waals surface area contributed by atoms with Gasteiger partial charge >= 0.3 is 0 Å². The third-order valence-corrected chi connectivity index (χ3v) is 5.45. The van der Waals surface area contributed by atoms with E-state index in [9.17, 15) is 5.11 Å². The molecule has 0 saturated carbocycles. The van der Waals surface area contributed by atoms with Gasteiger partial charge in [0.25, 0.3) is 0 Å². The van der Waals surface area contributed by atoms with Gasteiger partial charge in [0.05, 0.1) is 0 Å². The predicted molar refractivity (Wildman–Crippen MR) is 114 cm³/mol. The first kappa shape index (κ1) is 22.4. The molecule has 0 aliphatic rings. The van der Waals surface area contributed by atoms with E-state index < -0.39 is 0 Å². The van der Waals surface area contributed by atoms with Crippen molar-refractivity contribution >= 4 is 12.6 Å². The molecule has 1 rings (SSSR count). The van der Waals surface area contributed by atoms with E-state index >= 15 is 0 Å². The monoisotopic (exact) mass is 363 g/mol. The second kappa shape index (κ2) is 9.35. The van der Waals surface area contributed by atoms with Gasteiger partial charge in [-0.25, -0.2) is 0 Å². The number of aromatic hydroxyl groups is 1. The fourth-order valence-corrected chi connectivity index (χ4v) is 3.57. The maximum absolute atomic E-state index is 10.8. The lowest BCUT2D eigenvalue weighted by Crippen LogP contribution is -2.18. The molecule has 0 spiro atoms. The molecule has 0 aromatic heterocycles. The molecule has 1 N–H and O–H groups in total. The third-order valence-electron chi connectivity index (χ3n) is 4.94. The Kier molecular flexibility index (Phi) is 8.38. The lowest BCUT2D eigenvalue weighted by molar-refractivity contribution is 0.422. The normalized spacial score (nSPS) is 13.9. The summed E-state index contributed by atoms with van der Waals surface area (Å²) in [5, 5.41) is 11.0. The number of phenolic OH excluding ortho intramolecular Hbond substituents is 1. The fraction of sp³-hybridized carbons (Fsp3) is 0.739. The molecule has 1 radical (unpaired) electrons. The van der Waals surface area contributed by atoms with Crippen LogP contribution in [-0.2, 0) is 10.8 Å². The second-order valence-corrected chi connectivity index (χ2v) is 10.1. The average Bonchev–Trinajstić information content (AvgIpc) is 2.48. The SMILES string of the molecule is CCCCCCCCC([S])c1cc(C(C)(C)C)c(O)c(C(C)(C)C)c1. The Morgan fingerprint density at radius 3 is 1.72 bits per heavy atom. The van der Waals surface area contributed by atoms with Crippen LogP contribution >= 0.6 is 12.6 Å². The zero-order chi connectivity index (χ0) is 19.3. The number of benzene rings is 1. The number of rotatable bonds is 8. The fourth-order valence-electron chi connectivity index (χ4n) is 3.26. The van der Waals surface area contributed by atoms with E-state index in [2.05, 4.69) is 60.6 Å². The van der Waals surface area contributed by atoms with Crippen LogP contribution in [0.2, 0.25) is 0 Å². The van der Waals surface area contributed by atoms with Crippen molar-refractivity contribution in [2.75, 3.05) is 0 Å². The molecule has 0 fully saturated rings. The minimum absolute atomic E-state index is 0.0880. The van der Waals surface area contributed by atoms with Crippen molar-refractivity contribution in [2.45, 2.75) is 109 Å². The molecule has 1 aromatic carbocycles. The molecule has 1 nitrogen and oxygen atoms in total. The highest BCUT2D eigenvalue weighted by molar-refractivity contribution is 7.80. The van der Waals surface area contributed by atoms with Crippen molar-refractivity contribution in [1.82, 2.24) is 0 Å². The van der Waals surface area contributed by atoms with Crippen LogP contribution in [0.1, 0.15) is 115 Å². The van der Waals surface area contributed by atoms with Crippen LogP contribution in [0.4, 0.5) is 0 Å². The molecule has 0 saturated heterocycles. The number of phenols is 1. The minimum atomic E-state index is -0.0880. The summed E-state index contributed by atoms with van der Waals surface area (Å²) < 4.78 is 0. The summed E-state index contributed by atoms with van der Waals surface area (Å²) in [4.78, 5) is 0. The molecule has 0 bridgehead atoms. The van der Waals surface area contributed by atoms with Crippen molar-refractivity contribution in [2.24, 2.45) is 0 Å². The van der Waals surface area contributed by atoms with Crippen LogP contribution in [0.3, 0.4) is 0 Å². The van der Waals surface area contributed by atoms with Gasteiger partial charge in [0.15, 0.2) is 0 Å². The van der Waals surface area contributed by atoms with E-state index in [1.165, 1.54) is 44.1 Å². The van der Waals surface area contributed by atoms with Gasteiger partial charge in [0.1, 0.15) is 5.75 Å². The van der Waals surface area contributed by atoms with E-state index in [4.69, 9.17) is 12.6 Å². The quantitative estimate of drug-likeness (QED) is 0.464. The summed E-state index contributed by atoms with van der Waals surface area (Å²) in [6, 6.07) is 4.30. The summed E-state index contributed by atoms with van der Waals surface area (Å²) in [6.07, 6.45) is 8.85. The van der Waals surface area contributed by atoms with E-state index in [0.717, 1.165) is 17.5 Å². The smallest absolute Gasteiger partial charge is 0.123 e. The van der Waals surface area contributed by atoms with Gasteiger partial charge < -0.3 is 5.11 Å². The number of hydrogen-bond acceptors (Lipinski definition) is 1. The average molecular weight is 364 g/mol. The standard InChI is InChI=1S/C23H39OS/c1-8-9-10-11-12-13-14-20(25)17-15-18(22(2,3)4)21(24)19(16-17)23(5,6)7/h15-16,20,24H,8-14H2,1-7H3. The first-order valence-corrected chi connectivity index (χ1v) is 10.5. The van der Waals surface area contributed by atoms with Gasteiger partial charge in [-0.15, -0.1) is 0 Å². The summed E-state index contributed by atoms with van der Waals surface area (Å²) in [5.41, 5.74) is 3.07. The van der Waals surface area contributed by atoms with E-state index in [1.807, 2.05) is 0 Å². The zero-order valence-corrected chi connectivity index (χ0v) is 18.4. The van der Waals surface area contributed by atoms with E-state index in [1.54, 1.807) is 0 Å². The Morgan fingerprint density at radius 2 is 1.28 bits per heavy atom. The number of unbranched alkanes of at least 4 members (excludes halogenated alkanes) is 5. The van der Waals surface area contributed by atoms with Crippen LogP contribution < -0.4 is 0 Å². The van der Waals surface area contributed by atoms with Gasteiger partial charge in [0, 0.05) is 5.25 Å². The predicted octanol–water partition coefficient (Wildman–Crippen LogP) is 7.98. The van der Waals surface area contributed by atoms with Crippen molar-refractivity contribution in [1.29, 1.82) is 0 Å². The van der Waals surface area contributed by atoms with Crippen molar-refractivity contribution in [3.8, 4) is 5.75 Å². The van der Waals surface area contributed by atoms with Crippen molar-refractivity contribution in [3.63, 3.8) is 0 Å². The summed E-state index contributed by atoms with van der Waals surface area (Å²) in [7, 11) is 0. The summed E-state index contributed by atoms with van der Waals surface area (Å²) >= 11 is 5.83. The van der Waals surface area contributed by atoms with Crippen LogP contribution in [-0.4, -0.2) is 5.11 Å².